The van der Waals surface area contributed by atoms with Gasteiger partial charge in [0.2, 0.25) is 0 Å². The first-order valence-corrected chi connectivity index (χ1v) is 12.6. The molecule has 0 amide bonds. The van der Waals surface area contributed by atoms with E-state index in [9.17, 15) is 9.59 Å². The summed E-state index contributed by atoms with van der Waals surface area (Å²) in [7, 11) is 1.68. The number of ether oxygens (including phenoxy) is 3. The van der Waals surface area contributed by atoms with Crippen molar-refractivity contribution in [3.8, 4) is 0 Å². The predicted molar refractivity (Wildman–Crippen MR) is 139 cm³/mol. The molecule has 35 heavy (non-hydrogen) atoms. The SMILES string of the molecule is C=C(C)C(=O)OCC(COC)Cc1ccc(C2CCC(CCCCC)OC2)cc1.C=C(C=O)CO. The molecule has 1 fully saturated rings. The van der Waals surface area contributed by atoms with Crippen molar-refractivity contribution in [1.29, 1.82) is 0 Å². The Morgan fingerprint density at radius 2 is 1.91 bits per heavy atom. The van der Waals surface area contributed by atoms with Crippen LogP contribution in [0.4, 0.5) is 0 Å². The third-order valence-electron chi connectivity index (χ3n) is 6.05. The molecule has 3 unspecified atom stereocenters. The van der Waals surface area contributed by atoms with Crippen molar-refractivity contribution in [3.05, 3.63) is 59.7 Å². The first-order chi connectivity index (χ1) is 16.8. The van der Waals surface area contributed by atoms with Gasteiger partial charge in [-0.05, 0) is 43.7 Å². The standard InChI is InChI=1S/C25H38O4.C4H6O2/c1-5-6-7-8-24-14-13-23(18-28-24)22-11-9-20(10-12-22)15-21(16-27-4)17-29-25(26)19(2)3;1-4(2-5)3-6/h9-12,21,23-24H,2,5-8,13-18H2,1,3-4H3;2,6H,1,3H2. The molecule has 0 saturated carbocycles. The third kappa shape index (κ3) is 12.8. The van der Waals surface area contributed by atoms with E-state index in [-0.39, 0.29) is 24.1 Å². The topological polar surface area (TPSA) is 82.1 Å². The van der Waals surface area contributed by atoms with Gasteiger partial charge in [-0.25, -0.2) is 4.79 Å². The van der Waals surface area contributed by atoms with Crippen LogP contribution in [-0.2, 0) is 30.2 Å². The van der Waals surface area contributed by atoms with Gasteiger partial charge < -0.3 is 19.3 Å². The van der Waals surface area contributed by atoms with Gasteiger partial charge in [0, 0.05) is 30.1 Å². The van der Waals surface area contributed by atoms with E-state index >= 15 is 0 Å². The first-order valence-electron chi connectivity index (χ1n) is 12.6. The molecule has 6 nitrogen and oxygen atoms in total. The molecule has 1 aliphatic heterocycles. The molecular weight excluding hydrogens is 444 g/mol. The molecule has 1 saturated heterocycles. The maximum absolute atomic E-state index is 11.6. The Hall–Kier alpha value is -2.28. The van der Waals surface area contributed by atoms with E-state index in [0.717, 1.165) is 13.0 Å². The van der Waals surface area contributed by atoms with Gasteiger partial charge in [-0.2, -0.15) is 0 Å². The van der Waals surface area contributed by atoms with Crippen molar-refractivity contribution < 1.29 is 28.9 Å². The number of carbonyl (C=O) groups excluding carboxylic acids is 2. The second-order valence-electron chi connectivity index (χ2n) is 9.31. The number of esters is 1. The zero-order valence-electron chi connectivity index (χ0n) is 21.8. The Labute approximate surface area is 211 Å². The molecule has 3 atom stereocenters. The lowest BCUT2D eigenvalue weighted by Crippen LogP contribution is -2.24. The summed E-state index contributed by atoms with van der Waals surface area (Å²) in [4.78, 5) is 21.1. The number of aldehydes is 1. The van der Waals surface area contributed by atoms with Crippen LogP contribution in [0.2, 0.25) is 0 Å². The van der Waals surface area contributed by atoms with Gasteiger partial charge in [-0.3, -0.25) is 4.79 Å². The fourth-order valence-electron chi connectivity index (χ4n) is 3.93. The molecule has 196 valence electrons. The third-order valence-corrected chi connectivity index (χ3v) is 6.05. The van der Waals surface area contributed by atoms with E-state index in [1.807, 2.05) is 0 Å². The van der Waals surface area contributed by atoms with Gasteiger partial charge in [0.15, 0.2) is 0 Å². The fraction of sp³-hybridized carbons (Fsp3) is 0.586. The van der Waals surface area contributed by atoms with Crippen LogP contribution in [0.1, 0.15) is 69.4 Å². The Kier molecular flexibility index (Phi) is 15.9. The zero-order valence-corrected chi connectivity index (χ0v) is 21.8. The zero-order chi connectivity index (χ0) is 26.1. The molecule has 0 aliphatic carbocycles. The molecule has 1 aromatic rings. The van der Waals surface area contributed by atoms with Gasteiger partial charge in [0.1, 0.15) is 6.29 Å². The molecule has 1 aliphatic rings. The van der Waals surface area contributed by atoms with Crippen LogP contribution in [0.5, 0.6) is 0 Å². The van der Waals surface area contributed by atoms with E-state index in [2.05, 4.69) is 44.3 Å². The van der Waals surface area contributed by atoms with Crippen molar-refractivity contribution in [2.75, 3.05) is 33.5 Å². The summed E-state index contributed by atoms with van der Waals surface area (Å²) in [5, 5.41) is 8.00. The Balaban J connectivity index is 0.000000905. The smallest absolute Gasteiger partial charge is 0.333 e. The van der Waals surface area contributed by atoms with Gasteiger partial charge in [-0.1, -0.05) is 63.6 Å². The highest BCUT2D eigenvalue weighted by Crippen LogP contribution is 2.30. The average Bonchev–Trinajstić information content (AvgIpc) is 2.88. The number of methoxy groups -OCH3 is 1. The van der Waals surface area contributed by atoms with E-state index in [1.54, 1.807) is 14.0 Å². The first kappa shape index (κ1) is 30.8. The number of benzene rings is 1. The van der Waals surface area contributed by atoms with Crippen LogP contribution in [0.15, 0.2) is 48.6 Å². The molecule has 2 rings (SSSR count). The molecule has 1 aromatic carbocycles. The lowest BCUT2D eigenvalue weighted by molar-refractivity contribution is -0.140. The summed E-state index contributed by atoms with van der Waals surface area (Å²) < 4.78 is 16.7. The molecule has 6 heteroatoms. The van der Waals surface area contributed by atoms with Gasteiger partial charge in [-0.15, -0.1) is 0 Å². The van der Waals surface area contributed by atoms with Crippen molar-refractivity contribution in [2.45, 2.75) is 70.8 Å². The molecule has 0 spiro atoms. The number of aliphatic hydroxyl groups is 1. The van der Waals surface area contributed by atoms with Crippen LogP contribution in [0.25, 0.3) is 0 Å². The summed E-state index contributed by atoms with van der Waals surface area (Å²) >= 11 is 0. The maximum Gasteiger partial charge on any atom is 0.333 e. The van der Waals surface area contributed by atoms with Gasteiger partial charge >= 0.3 is 5.97 Å². The largest absolute Gasteiger partial charge is 0.462 e. The number of hydrogen-bond donors (Lipinski definition) is 1. The molecule has 0 radical (unpaired) electrons. The van der Waals surface area contributed by atoms with Crippen molar-refractivity contribution in [1.82, 2.24) is 0 Å². The molecule has 0 aromatic heterocycles. The highest BCUT2D eigenvalue weighted by molar-refractivity contribution is 5.86. The number of carbonyl (C=O) groups is 2. The summed E-state index contributed by atoms with van der Waals surface area (Å²) in [5.74, 6) is 0.292. The number of rotatable bonds is 14. The van der Waals surface area contributed by atoms with Crippen LogP contribution in [-0.4, -0.2) is 57.0 Å². The van der Waals surface area contributed by atoms with Gasteiger partial charge in [0.25, 0.3) is 0 Å². The average molecular weight is 489 g/mol. The summed E-state index contributed by atoms with van der Waals surface area (Å²) in [5.41, 5.74) is 3.23. The van der Waals surface area contributed by atoms with Crippen LogP contribution in [0, 0.1) is 5.92 Å². The summed E-state index contributed by atoms with van der Waals surface area (Å²) in [6.07, 6.45) is 9.23. The fourth-order valence-corrected chi connectivity index (χ4v) is 3.93. The summed E-state index contributed by atoms with van der Waals surface area (Å²) in [6, 6.07) is 8.83. The Morgan fingerprint density at radius 3 is 2.40 bits per heavy atom. The number of hydrogen-bond acceptors (Lipinski definition) is 6. The van der Waals surface area contributed by atoms with Crippen LogP contribution < -0.4 is 0 Å². The van der Waals surface area contributed by atoms with Gasteiger partial charge in [0.05, 0.1) is 32.5 Å². The van der Waals surface area contributed by atoms with Crippen LogP contribution >= 0.6 is 0 Å². The molecular formula is C29H44O6. The quantitative estimate of drug-likeness (QED) is 0.168. The van der Waals surface area contributed by atoms with Crippen molar-refractivity contribution in [3.63, 3.8) is 0 Å². The van der Waals surface area contributed by atoms with E-state index in [4.69, 9.17) is 19.3 Å². The number of aliphatic hydroxyl groups excluding tert-OH is 1. The second-order valence-corrected chi connectivity index (χ2v) is 9.31. The molecule has 1 N–H and O–H groups in total. The highest BCUT2D eigenvalue weighted by atomic mass is 16.5. The maximum atomic E-state index is 11.6. The normalized spacial score (nSPS) is 18.1. The Bertz CT molecular complexity index is 762. The van der Waals surface area contributed by atoms with Crippen molar-refractivity contribution >= 4 is 12.3 Å². The Morgan fingerprint density at radius 1 is 1.20 bits per heavy atom. The lowest BCUT2D eigenvalue weighted by Gasteiger charge is -2.29. The number of unbranched alkanes of at least 4 members (excludes halogenated alkanes) is 2. The van der Waals surface area contributed by atoms with E-state index < -0.39 is 0 Å². The van der Waals surface area contributed by atoms with E-state index in [1.165, 1.54) is 49.7 Å². The van der Waals surface area contributed by atoms with Crippen LogP contribution in [0.3, 0.4) is 0 Å². The summed E-state index contributed by atoms with van der Waals surface area (Å²) in [6.45, 7) is 12.2. The molecule has 1 heterocycles. The minimum absolute atomic E-state index is 0.135. The minimum atomic E-state index is -0.341. The molecule has 0 bridgehead atoms. The monoisotopic (exact) mass is 488 g/mol. The lowest BCUT2D eigenvalue weighted by atomic mass is 9.89. The second kappa shape index (κ2) is 18.1. The highest BCUT2D eigenvalue weighted by Gasteiger charge is 2.22. The van der Waals surface area contributed by atoms with E-state index in [0.29, 0.717) is 37.1 Å². The predicted octanol–water partition coefficient (Wildman–Crippen LogP) is 5.19. The minimum Gasteiger partial charge on any atom is -0.462 e. The van der Waals surface area contributed by atoms with Crippen molar-refractivity contribution in [2.24, 2.45) is 5.92 Å².